The molecular formula is C16H17BrN2O2. The number of nitrogens with two attached hydrogens (primary N) is 1. The number of ether oxygens (including phenoxy) is 1. The van der Waals surface area contributed by atoms with E-state index in [1.165, 1.54) is 0 Å². The predicted octanol–water partition coefficient (Wildman–Crippen LogP) is 3.07. The second kappa shape index (κ2) is 7.13. The Hall–Kier alpha value is -2.01. The monoisotopic (exact) mass is 348 g/mol. The Labute approximate surface area is 132 Å². The van der Waals surface area contributed by atoms with Crippen LogP contribution < -0.4 is 10.5 Å². The van der Waals surface area contributed by atoms with Gasteiger partial charge in [0.05, 0.1) is 5.69 Å². The van der Waals surface area contributed by atoms with Crippen molar-refractivity contribution in [2.75, 3.05) is 19.4 Å². The van der Waals surface area contributed by atoms with Crippen LogP contribution in [0.2, 0.25) is 0 Å². The number of benzene rings is 2. The number of anilines is 1. The standard InChI is InChI=1S/C16H17BrN2O2/c1-19(10-12-5-4-6-13(17)9-12)16(20)11-21-15-8-3-2-7-14(15)18/h2-9H,10-11,18H2,1H3. The first-order valence-corrected chi connectivity index (χ1v) is 7.31. The molecule has 0 aliphatic carbocycles. The molecule has 0 saturated carbocycles. The summed E-state index contributed by atoms with van der Waals surface area (Å²) in [6.07, 6.45) is 0. The van der Waals surface area contributed by atoms with Gasteiger partial charge in [-0.05, 0) is 29.8 Å². The van der Waals surface area contributed by atoms with E-state index < -0.39 is 0 Å². The Balaban J connectivity index is 1.90. The van der Waals surface area contributed by atoms with Gasteiger partial charge in [0.15, 0.2) is 6.61 Å². The SMILES string of the molecule is CN(Cc1cccc(Br)c1)C(=O)COc1ccccc1N. The van der Waals surface area contributed by atoms with Crippen LogP contribution in [0.25, 0.3) is 0 Å². The fourth-order valence-corrected chi connectivity index (χ4v) is 2.31. The van der Waals surface area contributed by atoms with Crippen molar-refractivity contribution in [3.05, 3.63) is 58.6 Å². The van der Waals surface area contributed by atoms with Gasteiger partial charge in [0, 0.05) is 18.1 Å². The van der Waals surface area contributed by atoms with Gasteiger partial charge >= 0.3 is 0 Å². The molecule has 0 spiro atoms. The molecule has 0 aliphatic heterocycles. The molecule has 1 amide bonds. The number of rotatable bonds is 5. The molecule has 21 heavy (non-hydrogen) atoms. The predicted molar refractivity (Wildman–Crippen MR) is 87.0 cm³/mol. The number of hydrogen-bond acceptors (Lipinski definition) is 3. The molecule has 0 saturated heterocycles. The molecule has 4 nitrogen and oxygen atoms in total. The minimum absolute atomic E-state index is 0.0291. The number of nitrogens with zero attached hydrogens (tertiary/aromatic N) is 1. The molecule has 0 aromatic heterocycles. The van der Waals surface area contributed by atoms with Crippen molar-refractivity contribution in [1.82, 2.24) is 4.90 Å². The van der Waals surface area contributed by atoms with Crippen molar-refractivity contribution in [2.45, 2.75) is 6.54 Å². The molecule has 110 valence electrons. The molecule has 2 aromatic rings. The highest BCUT2D eigenvalue weighted by molar-refractivity contribution is 9.10. The normalized spacial score (nSPS) is 10.2. The summed E-state index contributed by atoms with van der Waals surface area (Å²) in [5, 5.41) is 0. The molecule has 2 rings (SSSR count). The number of carbonyl (C=O) groups is 1. The Morgan fingerprint density at radius 2 is 2.00 bits per heavy atom. The Morgan fingerprint density at radius 3 is 2.71 bits per heavy atom. The van der Waals surface area contributed by atoms with E-state index in [1.807, 2.05) is 36.4 Å². The van der Waals surface area contributed by atoms with Gasteiger partial charge in [0.25, 0.3) is 5.91 Å². The third-order valence-electron chi connectivity index (χ3n) is 3.00. The smallest absolute Gasteiger partial charge is 0.260 e. The summed E-state index contributed by atoms with van der Waals surface area (Å²) in [6, 6.07) is 15.0. The van der Waals surface area contributed by atoms with Crippen LogP contribution in [0, 0.1) is 0 Å². The first-order valence-electron chi connectivity index (χ1n) is 6.52. The number of nitrogen functional groups attached to an aromatic ring is 1. The summed E-state index contributed by atoms with van der Waals surface area (Å²) in [6.45, 7) is 0.505. The van der Waals surface area contributed by atoms with E-state index in [0.29, 0.717) is 18.0 Å². The molecule has 0 aliphatic rings. The van der Waals surface area contributed by atoms with Crippen molar-refractivity contribution in [1.29, 1.82) is 0 Å². The lowest BCUT2D eigenvalue weighted by atomic mass is 10.2. The lowest BCUT2D eigenvalue weighted by Gasteiger charge is -2.18. The maximum absolute atomic E-state index is 12.1. The number of amides is 1. The van der Waals surface area contributed by atoms with Gasteiger partial charge in [0.2, 0.25) is 0 Å². The largest absolute Gasteiger partial charge is 0.482 e. The van der Waals surface area contributed by atoms with Crippen molar-refractivity contribution in [3.63, 3.8) is 0 Å². The maximum Gasteiger partial charge on any atom is 0.260 e. The highest BCUT2D eigenvalue weighted by atomic mass is 79.9. The summed E-state index contributed by atoms with van der Waals surface area (Å²) in [5.41, 5.74) is 7.35. The van der Waals surface area contributed by atoms with E-state index in [1.54, 1.807) is 24.1 Å². The lowest BCUT2D eigenvalue weighted by molar-refractivity contribution is -0.132. The number of para-hydroxylation sites is 2. The number of carbonyl (C=O) groups excluding carboxylic acids is 1. The third kappa shape index (κ3) is 4.49. The molecule has 0 atom stereocenters. The molecule has 0 radical (unpaired) electrons. The summed E-state index contributed by atoms with van der Waals surface area (Å²) >= 11 is 3.42. The highest BCUT2D eigenvalue weighted by Crippen LogP contribution is 2.19. The Bertz CT molecular complexity index is 631. The van der Waals surface area contributed by atoms with Crippen LogP contribution in [-0.4, -0.2) is 24.5 Å². The second-order valence-electron chi connectivity index (χ2n) is 4.71. The van der Waals surface area contributed by atoms with Crippen LogP contribution in [0.5, 0.6) is 5.75 Å². The second-order valence-corrected chi connectivity index (χ2v) is 5.62. The molecule has 5 heteroatoms. The Kier molecular flexibility index (Phi) is 5.22. The van der Waals surface area contributed by atoms with Gasteiger partial charge in [0.1, 0.15) is 5.75 Å². The fourth-order valence-electron chi connectivity index (χ4n) is 1.86. The van der Waals surface area contributed by atoms with E-state index in [-0.39, 0.29) is 12.5 Å². The van der Waals surface area contributed by atoms with Crippen molar-refractivity contribution in [3.8, 4) is 5.75 Å². The third-order valence-corrected chi connectivity index (χ3v) is 3.50. The average molecular weight is 349 g/mol. The first-order chi connectivity index (χ1) is 10.1. The average Bonchev–Trinajstić information content (AvgIpc) is 2.46. The Morgan fingerprint density at radius 1 is 1.24 bits per heavy atom. The van der Waals surface area contributed by atoms with E-state index in [0.717, 1.165) is 10.0 Å². The molecule has 2 aromatic carbocycles. The number of likely N-dealkylation sites (N-methyl/N-ethyl adjacent to an activating group) is 1. The van der Waals surface area contributed by atoms with Crippen LogP contribution in [0.1, 0.15) is 5.56 Å². The zero-order valence-electron chi connectivity index (χ0n) is 11.8. The minimum atomic E-state index is -0.0989. The quantitative estimate of drug-likeness (QED) is 0.844. The maximum atomic E-state index is 12.1. The molecule has 0 bridgehead atoms. The minimum Gasteiger partial charge on any atom is -0.482 e. The van der Waals surface area contributed by atoms with Gasteiger partial charge in [-0.15, -0.1) is 0 Å². The fraction of sp³-hybridized carbons (Fsp3) is 0.188. The molecule has 2 N–H and O–H groups in total. The number of hydrogen-bond donors (Lipinski definition) is 1. The summed E-state index contributed by atoms with van der Waals surface area (Å²) in [4.78, 5) is 13.7. The molecule has 0 heterocycles. The van der Waals surface area contributed by atoms with Gasteiger partial charge in [-0.1, -0.05) is 40.2 Å². The van der Waals surface area contributed by atoms with E-state index in [9.17, 15) is 4.79 Å². The van der Waals surface area contributed by atoms with Gasteiger partial charge in [-0.3, -0.25) is 4.79 Å². The molecule has 0 fully saturated rings. The van der Waals surface area contributed by atoms with E-state index >= 15 is 0 Å². The molecule has 0 unspecified atom stereocenters. The summed E-state index contributed by atoms with van der Waals surface area (Å²) < 4.78 is 6.45. The summed E-state index contributed by atoms with van der Waals surface area (Å²) in [7, 11) is 1.75. The van der Waals surface area contributed by atoms with Crippen molar-refractivity contribution < 1.29 is 9.53 Å². The van der Waals surface area contributed by atoms with Gasteiger partial charge < -0.3 is 15.4 Å². The summed E-state index contributed by atoms with van der Waals surface area (Å²) in [5.74, 6) is 0.430. The van der Waals surface area contributed by atoms with E-state index in [4.69, 9.17) is 10.5 Å². The van der Waals surface area contributed by atoms with Crippen molar-refractivity contribution in [2.24, 2.45) is 0 Å². The van der Waals surface area contributed by atoms with Gasteiger partial charge in [-0.2, -0.15) is 0 Å². The van der Waals surface area contributed by atoms with Crippen LogP contribution in [0.4, 0.5) is 5.69 Å². The van der Waals surface area contributed by atoms with Crippen LogP contribution in [0.3, 0.4) is 0 Å². The van der Waals surface area contributed by atoms with Gasteiger partial charge in [-0.25, -0.2) is 0 Å². The lowest BCUT2D eigenvalue weighted by Crippen LogP contribution is -2.31. The molecular weight excluding hydrogens is 332 g/mol. The van der Waals surface area contributed by atoms with E-state index in [2.05, 4.69) is 15.9 Å². The van der Waals surface area contributed by atoms with Crippen LogP contribution in [0.15, 0.2) is 53.0 Å². The zero-order chi connectivity index (χ0) is 15.2. The van der Waals surface area contributed by atoms with Crippen molar-refractivity contribution >= 4 is 27.5 Å². The topological polar surface area (TPSA) is 55.6 Å². The highest BCUT2D eigenvalue weighted by Gasteiger charge is 2.11. The number of halogens is 1. The van der Waals surface area contributed by atoms with Crippen LogP contribution in [-0.2, 0) is 11.3 Å². The zero-order valence-corrected chi connectivity index (χ0v) is 13.3. The van der Waals surface area contributed by atoms with Crippen LogP contribution >= 0.6 is 15.9 Å². The first kappa shape index (κ1) is 15.4.